The molecule has 29 heavy (non-hydrogen) atoms. The summed E-state index contributed by atoms with van der Waals surface area (Å²) in [6.45, 7) is 6.91. The van der Waals surface area contributed by atoms with Crippen molar-refractivity contribution in [3.8, 4) is 17.1 Å². The monoisotopic (exact) mass is 393 g/mol. The molecule has 152 valence electrons. The molecule has 3 heterocycles. The van der Waals surface area contributed by atoms with E-state index in [9.17, 15) is 4.79 Å². The van der Waals surface area contributed by atoms with Crippen LogP contribution < -0.4 is 4.74 Å². The Morgan fingerprint density at radius 1 is 1.17 bits per heavy atom. The van der Waals surface area contributed by atoms with Gasteiger partial charge in [-0.15, -0.1) is 5.10 Å². The maximum absolute atomic E-state index is 12.9. The van der Waals surface area contributed by atoms with E-state index < -0.39 is 0 Å². The second-order valence-electron chi connectivity index (χ2n) is 7.75. The number of piperidine rings is 1. The van der Waals surface area contributed by atoms with E-state index in [1.807, 2.05) is 43.0 Å². The van der Waals surface area contributed by atoms with Crippen LogP contribution in [0, 0.1) is 13.8 Å². The normalized spacial score (nSPS) is 17.0. The highest BCUT2D eigenvalue weighted by Gasteiger charge is 2.25. The lowest BCUT2D eigenvalue weighted by atomic mass is 10.0. The van der Waals surface area contributed by atoms with Gasteiger partial charge in [0.05, 0.1) is 13.5 Å². The highest BCUT2D eigenvalue weighted by Crippen LogP contribution is 2.23. The van der Waals surface area contributed by atoms with E-state index >= 15 is 0 Å². The topological polar surface area (TPSA) is 72.6 Å². The number of nitrogens with zero attached hydrogens (tertiary/aromatic N) is 5. The minimum absolute atomic E-state index is 0.167. The van der Waals surface area contributed by atoms with Gasteiger partial charge in [-0.05, 0) is 64.3 Å². The zero-order valence-corrected chi connectivity index (χ0v) is 17.5. The zero-order chi connectivity index (χ0) is 20.5. The summed E-state index contributed by atoms with van der Waals surface area (Å²) in [7, 11) is 1.64. The number of carbonyl (C=O) groups excluding carboxylic acids is 1. The van der Waals surface area contributed by atoms with Crippen molar-refractivity contribution in [1.82, 2.24) is 24.5 Å². The number of aromatic nitrogens is 4. The summed E-state index contributed by atoms with van der Waals surface area (Å²) in [5.74, 6) is 2.11. The average Bonchev–Trinajstić information content (AvgIpc) is 3.15. The number of benzene rings is 1. The van der Waals surface area contributed by atoms with Crippen molar-refractivity contribution in [1.29, 1.82) is 0 Å². The molecule has 0 N–H and O–H groups in total. The minimum atomic E-state index is 0.167. The zero-order valence-electron chi connectivity index (χ0n) is 17.5. The highest BCUT2D eigenvalue weighted by molar-refractivity contribution is 5.79. The van der Waals surface area contributed by atoms with Gasteiger partial charge in [-0.1, -0.05) is 0 Å². The van der Waals surface area contributed by atoms with Crippen LogP contribution in [0.4, 0.5) is 0 Å². The van der Waals surface area contributed by atoms with Gasteiger partial charge in [-0.3, -0.25) is 4.79 Å². The molecule has 0 aliphatic carbocycles. The lowest BCUT2D eigenvalue weighted by Crippen LogP contribution is -2.43. The van der Waals surface area contributed by atoms with Gasteiger partial charge < -0.3 is 9.64 Å². The first-order valence-corrected chi connectivity index (χ1v) is 10.1. The van der Waals surface area contributed by atoms with Crippen LogP contribution in [0.5, 0.6) is 5.75 Å². The Balaban J connectivity index is 1.66. The number of hydrogen-bond acceptors (Lipinski definition) is 5. The van der Waals surface area contributed by atoms with Gasteiger partial charge in [0.2, 0.25) is 5.91 Å². The van der Waals surface area contributed by atoms with E-state index in [0.717, 1.165) is 47.7 Å². The molecule has 3 aromatic rings. The number of fused-ring (bicyclic) bond motifs is 1. The van der Waals surface area contributed by atoms with Gasteiger partial charge in [-0.25, -0.2) is 9.50 Å². The molecule has 1 aliphatic heterocycles. The second kappa shape index (κ2) is 7.81. The number of hydrogen-bond donors (Lipinski definition) is 0. The molecule has 2 aromatic heterocycles. The van der Waals surface area contributed by atoms with Gasteiger partial charge in [-0.2, -0.15) is 4.98 Å². The Morgan fingerprint density at radius 3 is 2.62 bits per heavy atom. The molecule has 7 nitrogen and oxygen atoms in total. The van der Waals surface area contributed by atoms with Crippen LogP contribution in [0.15, 0.2) is 24.3 Å². The first kappa shape index (κ1) is 19.4. The van der Waals surface area contributed by atoms with Crippen molar-refractivity contribution in [3.05, 3.63) is 41.2 Å². The third kappa shape index (κ3) is 3.69. The standard InChI is InChI=1S/C22H27N5O2/c1-14-7-5-6-12-26(14)20(28)13-19-15(2)23-22-24-21(25-27(22)16(19)3)17-8-10-18(29-4)11-9-17/h8-11,14H,5-7,12-13H2,1-4H3/t14-/m1/s1. The molecule has 1 aliphatic rings. The maximum atomic E-state index is 12.9. The van der Waals surface area contributed by atoms with Crippen LogP contribution in [0.2, 0.25) is 0 Å². The Bertz CT molecular complexity index is 1040. The molecule has 0 radical (unpaired) electrons. The van der Waals surface area contributed by atoms with Gasteiger partial charge in [0.15, 0.2) is 5.82 Å². The molecule has 1 amide bonds. The summed E-state index contributed by atoms with van der Waals surface area (Å²) in [6.07, 6.45) is 3.71. The number of likely N-dealkylation sites (tertiary alicyclic amines) is 1. The molecule has 0 bridgehead atoms. The molecular weight excluding hydrogens is 366 g/mol. The first-order chi connectivity index (χ1) is 14.0. The van der Waals surface area contributed by atoms with Crippen LogP contribution in [0.3, 0.4) is 0 Å². The fraction of sp³-hybridized carbons (Fsp3) is 0.455. The molecule has 1 saturated heterocycles. The van der Waals surface area contributed by atoms with Crippen LogP contribution in [-0.2, 0) is 11.2 Å². The van der Waals surface area contributed by atoms with Crippen molar-refractivity contribution in [3.63, 3.8) is 0 Å². The Morgan fingerprint density at radius 2 is 1.93 bits per heavy atom. The number of aryl methyl sites for hydroxylation is 2. The highest BCUT2D eigenvalue weighted by atomic mass is 16.5. The van der Waals surface area contributed by atoms with Gasteiger partial charge in [0.25, 0.3) is 5.78 Å². The van der Waals surface area contributed by atoms with E-state index in [1.165, 1.54) is 6.42 Å². The van der Waals surface area contributed by atoms with E-state index in [2.05, 4.69) is 22.0 Å². The molecular formula is C22H27N5O2. The number of methoxy groups -OCH3 is 1. The predicted octanol–water partition coefficient (Wildman–Crippen LogP) is 3.36. The molecule has 0 spiro atoms. The third-order valence-electron chi connectivity index (χ3n) is 5.85. The van der Waals surface area contributed by atoms with Crippen molar-refractivity contribution < 1.29 is 9.53 Å². The molecule has 0 saturated carbocycles. The van der Waals surface area contributed by atoms with Gasteiger partial charge in [0.1, 0.15) is 5.75 Å². The lowest BCUT2D eigenvalue weighted by molar-refractivity contribution is -0.133. The summed E-state index contributed by atoms with van der Waals surface area (Å²) in [5, 5.41) is 4.65. The largest absolute Gasteiger partial charge is 0.497 e. The summed E-state index contributed by atoms with van der Waals surface area (Å²) in [5.41, 5.74) is 3.58. The van der Waals surface area contributed by atoms with Crippen LogP contribution >= 0.6 is 0 Å². The van der Waals surface area contributed by atoms with Crippen LogP contribution in [0.1, 0.15) is 43.1 Å². The van der Waals surface area contributed by atoms with Crippen molar-refractivity contribution >= 4 is 11.7 Å². The lowest BCUT2D eigenvalue weighted by Gasteiger charge is -2.33. The number of rotatable bonds is 4. The summed E-state index contributed by atoms with van der Waals surface area (Å²) in [6, 6.07) is 7.93. The van der Waals surface area contributed by atoms with E-state index in [-0.39, 0.29) is 5.91 Å². The molecule has 1 fully saturated rings. The first-order valence-electron chi connectivity index (χ1n) is 10.1. The Hall–Kier alpha value is -2.96. The second-order valence-corrected chi connectivity index (χ2v) is 7.75. The maximum Gasteiger partial charge on any atom is 0.253 e. The van der Waals surface area contributed by atoms with Crippen molar-refractivity contribution in [2.45, 2.75) is 52.5 Å². The number of carbonyl (C=O) groups is 1. The Labute approximate surface area is 170 Å². The van der Waals surface area contributed by atoms with Crippen LogP contribution in [-0.4, -0.2) is 50.1 Å². The smallest absolute Gasteiger partial charge is 0.253 e. The van der Waals surface area contributed by atoms with Crippen molar-refractivity contribution in [2.75, 3.05) is 13.7 Å². The van der Waals surface area contributed by atoms with Gasteiger partial charge in [0, 0.05) is 35.1 Å². The fourth-order valence-electron chi connectivity index (χ4n) is 4.05. The Kier molecular flexibility index (Phi) is 5.22. The summed E-state index contributed by atoms with van der Waals surface area (Å²) < 4.78 is 6.96. The molecule has 7 heteroatoms. The predicted molar refractivity (Wildman–Crippen MR) is 111 cm³/mol. The van der Waals surface area contributed by atoms with E-state index in [0.29, 0.717) is 24.1 Å². The average molecular weight is 393 g/mol. The quantitative estimate of drug-likeness (QED) is 0.680. The summed E-state index contributed by atoms with van der Waals surface area (Å²) >= 11 is 0. The van der Waals surface area contributed by atoms with Gasteiger partial charge >= 0.3 is 0 Å². The SMILES string of the molecule is COc1ccc(-c2nc3nc(C)c(CC(=O)N4CCCC[C@H]4C)c(C)n3n2)cc1. The molecule has 0 unspecified atom stereocenters. The van der Waals surface area contributed by atoms with Crippen LogP contribution in [0.25, 0.3) is 17.2 Å². The van der Waals surface area contributed by atoms with Crippen molar-refractivity contribution in [2.24, 2.45) is 0 Å². The molecule has 1 aromatic carbocycles. The van der Waals surface area contributed by atoms with E-state index in [1.54, 1.807) is 11.6 Å². The molecule has 1 atom stereocenters. The third-order valence-corrected chi connectivity index (χ3v) is 5.85. The van der Waals surface area contributed by atoms with E-state index in [4.69, 9.17) is 4.74 Å². The fourth-order valence-corrected chi connectivity index (χ4v) is 4.05. The number of amides is 1. The number of ether oxygens (including phenoxy) is 1. The molecule has 4 rings (SSSR count). The minimum Gasteiger partial charge on any atom is -0.497 e. The summed E-state index contributed by atoms with van der Waals surface area (Å²) in [4.78, 5) is 24.2.